The maximum Gasteiger partial charge on any atom is 0.328 e. The first-order valence-corrected chi connectivity index (χ1v) is 9.32. The van der Waals surface area contributed by atoms with E-state index in [0.717, 1.165) is 49.0 Å². The lowest BCUT2D eigenvalue weighted by Crippen LogP contribution is -2.47. The third-order valence-electron chi connectivity index (χ3n) is 4.48. The van der Waals surface area contributed by atoms with E-state index in [0.29, 0.717) is 18.0 Å². The molecule has 2 aromatic rings. The summed E-state index contributed by atoms with van der Waals surface area (Å²) in [5.41, 5.74) is 1.82. The summed E-state index contributed by atoms with van der Waals surface area (Å²) in [6.07, 6.45) is 2.85. The fourth-order valence-corrected chi connectivity index (χ4v) is 2.97. The Hall–Kier alpha value is -3.72. The Bertz CT molecular complexity index is 965. The Morgan fingerprint density at radius 2 is 1.67 bits per heavy atom. The minimum absolute atomic E-state index is 0.558. The van der Waals surface area contributed by atoms with Gasteiger partial charge in [0, 0.05) is 44.5 Å². The first-order chi connectivity index (χ1) is 14.4. The lowest BCUT2D eigenvalue weighted by molar-refractivity contribution is -0.134. The molecular formula is C21H22N4O5. The van der Waals surface area contributed by atoms with E-state index in [1.54, 1.807) is 6.20 Å². The monoisotopic (exact) mass is 410 g/mol. The van der Waals surface area contributed by atoms with Gasteiger partial charge in [-0.15, -0.1) is 0 Å². The molecule has 0 radical (unpaired) electrons. The normalized spacial score (nSPS) is 15.6. The average molecular weight is 410 g/mol. The van der Waals surface area contributed by atoms with E-state index in [-0.39, 0.29) is 0 Å². The summed E-state index contributed by atoms with van der Waals surface area (Å²) >= 11 is 0. The SMILES string of the molecule is CN1CCN(C2=Nc3cccnc3Oc3ccccc32)CC1.O=C(O)/C=C/C(=O)O. The summed E-state index contributed by atoms with van der Waals surface area (Å²) in [4.78, 5) is 33.0. The number of aliphatic carboxylic acids is 2. The topological polar surface area (TPSA) is 116 Å². The fourth-order valence-electron chi connectivity index (χ4n) is 2.97. The maximum absolute atomic E-state index is 9.55. The molecule has 2 N–H and O–H groups in total. The van der Waals surface area contributed by atoms with E-state index in [9.17, 15) is 9.59 Å². The quantitative estimate of drug-likeness (QED) is 0.724. The predicted molar refractivity (Wildman–Crippen MR) is 110 cm³/mol. The highest BCUT2D eigenvalue weighted by Gasteiger charge is 2.24. The zero-order valence-electron chi connectivity index (χ0n) is 16.4. The van der Waals surface area contributed by atoms with Gasteiger partial charge >= 0.3 is 11.9 Å². The minimum Gasteiger partial charge on any atom is -0.478 e. The molecule has 30 heavy (non-hydrogen) atoms. The number of carboxylic acids is 2. The second-order valence-corrected chi connectivity index (χ2v) is 6.66. The number of nitrogens with zero attached hydrogens (tertiary/aromatic N) is 4. The van der Waals surface area contributed by atoms with Crippen molar-refractivity contribution in [2.75, 3.05) is 33.2 Å². The van der Waals surface area contributed by atoms with Gasteiger partial charge in [-0.25, -0.2) is 19.6 Å². The van der Waals surface area contributed by atoms with Gasteiger partial charge in [0.1, 0.15) is 17.3 Å². The zero-order chi connectivity index (χ0) is 21.5. The Kier molecular flexibility index (Phi) is 6.76. The van der Waals surface area contributed by atoms with Crippen molar-refractivity contribution in [3.8, 4) is 11.6 Å². The van der Waals surface area contributed by atoms with Gasteiger partial charge in [-0.05, 0) is 31.3 Å². The molecule has 0 amide bonds. The van der Waals surface area contributed by atoms with Crippen LogP contribution < -0.4 is 4.74 Å². The number of rotatable bonds is 2. The van der Waals surface area contributed by atoms with Gasteiger partial charge in [0.25, 0.3) is 0 Å². The summed E-state index contributed by atoms with van der Waals surface area (Å²) in [7, 11) is 2.16. The lowest BCUT2D eigenvalue weighted by Gasteiger charge is -2.34. The van der Waals surface area contributed by atoms with E-state index in [2.05, 4.69) is 27.9 Å². The number of aromatic nitrogens is 1. The van der Waals surface area contributed by atoms with Gasteiger partial charge < -0.3 is 24.7 Å². The van der Waals surface area contributed by atoms with E-state index in [1.165, 1.54) is 0 Å². The molecule has 1 aromatic heterocycles. The number of carboxylic acid groups (broad SMARTS) is 2. The first kappa shape index (κ1) is 21.0. The van der Waals surface area contributed by atoms with Crippen molar-refractivity contribution >= 4 is 23.5 Å². The number of aliphatic imine (C=N–C) groups is 1. The van der Waals surface area contributed by atoms with Crippen molar-refractivity contribution < 1.29 is 24.5 Å². The number of para-hydroxylation sites is 1. The number of hydrogen-bond acceptors (Lipinski definition) is 7. The number of amidine groups is 1. The molecule has 1 aromatic carbocycles. The lowest BCUT2D eigenvalue weighted by atomic mass is 10.1. The molecule has 156 valence electrons. The van der Waals surface area contributed by atoms with E-state index in [4.69, 9.17) is 19.9 Å². The molecule has 1 saturated heterocycles. The van der Waals surface area contributed by atoms with Crippen LogP contribution in [0.25, 0.3) is 0 Å². The van der Waals surface area contributed by atoms with Crippen LogP contribution in [0.2, 0.25) is 0 Å². The van der Waals surface area contributed by atoms with E-state index >= 15 is 0 Å². The number of piperazine rings is 1. The van der Waals surface area contributed by atoms with E-state index < -0.39 is 11.9 Å². The van der Waals surface area contributed by atoms with Gasteiger partial charge in [-0.1, -0.05) is 12.1 Å². The number of likely N-dealkylation sites (N-methyl/N-ethyl adjacent to an activating group) is 1. The summed E-state index contributed by atoms with van der Waals surface area (Å²) in [5, 5.41) is 15.6. The predicted octanol–water partition coefficient (Wildman–Crippen LogP) is 2.22. The minimum atomic E-state index is -1.26. The molecule has 2 aliphatic heterocycles. The third-order valence-corrected chi connectivity index (χ3v) is 4.48. The van der Waals surface area contributed by atoms with E-state index in [1.807, 2.05) is 30.3 Å². The molecule has 1 fully saturated rings. The Morgan fingerprint density at radius 1 is 1.00 bits per heavy atom. The molecule has 0 aliphatic carbocycles. The van der Waals surface area contributed by atoms with Crippen LogP contribution in [0.5, 0.6) is 11.6 Å². The Labute approximate surface area is 173 Å². The standard InChI is InChI=1S/C17H18N4O.C4H4O4/c1-20-9-11-21(12-10-20)16-13-5-2-3-7-15(13)22-17-14(19-16)6-4-8-18-17;5-3(6)1-2-4(7)8/h2-8H,9-12H2,1H3;1-2H,(H,5,6)(H,7,8)/b;2-1+. The number of benzene rings is 1. The molecule has 0 bridgehead atoms. The number of ether oxygens (including phenoxy) is 1. The highest BCUT2D eigenvalue weighted by Crippen LogP contribution is 2.36. The second-order valence-electron chi connectivity index (χ2n) is 6.66. The maximum atomic E-state index is 9.55. The van der Waals surface area contributed by atoms with Crippen molar-refractivity contribution in [2.24, 2.45) is 4.99 Å². The van der Waals surface area contributed by atoms with Crippen molar-refractivity contribution in [1.29, 1.82) is 0 Å². The summed E-state index contributed by atoms with van der Waals surface area (Å²) in [6, 6.07) is 11.9. The Balaban J connectivity index is 0.000000275. The third kappa shape index (κ3) is 5.42. The molecule has 0 spiro atoms. The number of fused-ring (bicyclic) bond motifs is 2. The van der Waals surface area contributed by atoms with Crippen molar-refractivity contribution in [3.05, 3.63) is 60.3 Å². The van der Waals surface area contributed by atoms with Crippen LogP contribution in [0.4, 0.5) is 5.69 Å². The number of pyridine rings is 1. The average Bonchev–Trinajstić information content (AvgIpc) is 2.90. The van der Waals surface area contributed by atoms with Gasteiger partial charge in [0.05, 0.1) is 5.56 Å². The van der Waals surface area contributed by atoms with Crippen molar-refractivity contribution in [2.45, 2.75) is 0 Å². The van der Waals surface area contributed by atoms with Crippen LogP contribution in [-0.4, -0.2) is 76.0 Å². The van der Waals surface area contributed by atoms with Gasteiger partial charge in [-0.2, -0.15) is 0 Å². The van der Waals surface area contributed by atoms with Crippen molar-refractivity contribution in [3.63, 3.8) is 0 Å². The van der Waals surface area contributed by atoms with Crippen molar-refractivity contribution in [1.82, 2.24) is 14.8 Å². The first-order valence-electron chi connectivity index (χ1n) is 9.32. The van der Waals surface area contributed by atoms with Crippen LogP contribution in [0, 0.1) is 0 Å². The highest BCUT2D eigenvalue weighted by atomic mass is 16.5. The number of hydrogen-bond donors (Lipinski definition) is 2. The highest BCUT2D eigenvalue weighted by molar-refractivity contribution is 6.03. The molecule has 0 saturated carbocycles. The van der Waals surface area contributed by atoms with Crippen LogP contribution >= 0.6 is 0 Å². The van der Waals surface area contributed by atoms with Gasteiger partial charge in [0.15, 0.2) is 0 Å². The van der Waals surface area contributed by atoms with Gasteiger partial charge in [0.2, 0.25) is 5.88 Å². The van der Waals surface area contributed by atoms with Crippen LogP contribution in [0.3, 0.4) is 0 Å². The molecule has 9 nitrogen and oxygen atoms in total. The molecule has 4 rings (SSSR count). The zero-order valence-corrected chi connectivity index (χ0v) is 16.4. The molecule has 0 atom stereocenters. The fraction of sp³-hybridized carbons (Fsp3) is 0.238. The molecule has 2 aliphatic rings. The largest absolute Gasteiger partial charge is 0.478 e. The Morgan fingerprint density at radius 3 is 2.33 bits per heavy atom. The van der Waals surface area contributed by atoms with Crippen LogP contribution in [0.1, 0.15) is 5.56 Å². The smallest absolute Gasteiger partial charge is 0.328 e. The summed E-state index contributed by atoms with van der Waals surface area (Å²) in [6.45, 7) is 4.03. The second kappa shape index (κ2) is 9.66. The van der Waals surface area contributed by atoms with Gasteiger partial charge in [-0.3, -0.25) is 0 Å². The summed E-state index contributed by atoms with van der Waals surface area (Å²) in [5.74, 6) is -0.146. The number of carbonyl (C=O) groups is 2. The van der Waals surface area contributed by atoms with Crippen LogP contribution in [0.15, 0.2) is 59.7 Å². The van der Waals surface area contributed by atoms with Crippen LogP contribution in [-0.2, 0) is 9.59 Å². The molecule has 9 heteroatoms. The molecular weight excluding hydrogens is 388 g/mol. The molecule has 3 heterocycles. The molecule has 0 unspecified atom stereocenters. The summed E-state index contributed by atoms with van der Waals surface area (Å²) < 4.78 is 5.98.